The van der Waals surface area contributed by atoms with Crippen LogP contribution < -0.4 is 47.5 Å². The van der Waals surface area contributed by atoms with E-state index in [0.29, 0.717) is 0 Å². The summed E-state index contributed by atoms with van der Waals surface area (Å²) in [6.45, 7) is 1.94. The van der Waals surface area contributed by atoms with E-state index in [0.717, 1.165) is 59.4 Å². The van der Waals surface area contributed by atoms with Crippen LogP contribution in [0.15, 0.2) is 195 Å². The van der Waals surface area contributed by atoms with Crippen molar-refractivity contribution in [3.8, 4) is 45.6 Å². The molecule has 0 saturated heterocycles. The van der Waals surface area contributed by atoms with Crippen LogP contribution in [0.5, 0.6) is 0 Å². The van der Waals surface area contributed by atoms with E-state index in [1.54, 1.807) is 49.6 Å². The van der Waals surface area contributed by atoms with E-state index in [9.17, 15) is 0 Å². The first kappa shape index (κ1) is 63.5. The second kappa shape index (κ2) is 37.5. The molecule has 20 nitrogen and oxygen atoms in total. The van der Waals surface area contributed by atoms with Gasteiger partial charge in [0, 0.05) is 61.5 Å². The Kier molecular flexibility index (Phi) is 35.1. The summed E-state index contributed by atoms with van der Waals surface area (Å²) in [6.07, 6.45) is 14.1. The molecule has 2 radical (unpaired) electrons. The van der Waals surface area contributed by atoms with E-state index in [1.165, 1.54) is 0 Å². The summed E-state index contributed by atoms with van der Waals surface area (Å²) in [5, 5.41) is 17.8. The van der Waals surface area contributed by atoms with Gasteiger partial charge in [-0.15, -0.1) is 20.5 Å². The summed E-state index contributed by atoms with van der Waals surface area (Å²) in [7, 11) is -9.89. The number of halogens is 2. The second-order valence-electron chi connectivity index (χ2n) is 11.5. The van der Waals surface area contributed by atoms with Crippen LogP contribution in [0.2, 0.25) is 0 Å². The van der Waals surface area contributed by atoms with E-state index < -0.39 is 32.4 Å². The van der Waals surface area contributed by atoms with Gasteiger partial charge in [-0.3, -0.25) is 39.9 Å². The molecule has 8 rings (SSSR count). The molecule has 8 heterocycles. The predicted octanol–water partition coefficient (Wildman–Crippen LogP) is -3.43. The monoisotopic (exact) mass is 1050 g/mol. The Hall–Kier alpha value is -6.56. The van der Waals surface area contributed by atoms with Crippen molar-refractivity contribution < 1.29 is 112 Å². The molecule has 0 N–H and O–H groups in total. The molecule has 8 aromatic rings. The molecule has 0 spiro atoms. The van der Waals surface area contributed by atoms with E-state index in [-0.39, 0.29) is 34.1 Å². The van der Waals surface area contributed by atoms with Gasteiger partial charge in [0.25, 0.3) is 0 Å². The van der Waals surface area contributed by atoms with Crippen molar-refractivity contribution in [2.24, 2.45) is 0 Å². The van der Waals surface area contributed by atoms with Crippen molar-refractivity contribution in [2.45, 2.75) is 13.8 Å². The maximum absolute atomic E-state index is 8.89. The van der Waals surface area contributed by atoms with Crippen LogP contribution in [0.25, 0.3) is 45.6 Å². The number of hydrogen-bond acceptors (Lipinski definition) is 20. The maximum Gasteiger partial charge on any atom is 2.00 e. The van der Waals surface area contributed by atoms with Crippen molar-refractivity contribution >= 4 is 11.9 Å². The normalized spacial score (nSPS) is 9.32. The van der Waals surface area contributed by atoms with E-state index in [2.05, 4.69) is 39.9 Å². The molecule has 0 aliphatic heterocycles. The number of pyridine rings is 8. The fraction of sp³-hybridized carbons (Fsp3) is 0.0455. The summed E-state index contributed by atoms with van der Waals surface area (Å²) in [4.78, 5) is 51.3. The minimum absolute atomic E-state index is 0. The van der Waals surface area contributed by atoms with Crippen LogP contribution in [-0.2, 0) is 43.7 Å². The van der Waals surface area contributed by atoms with Gasteiger partial charge >= 0.3 is 34.1 Å². The summed E-state index contributed by atoms with van der Waals surface area (Å²) in [5.74, 6) is -2.17. The topological polar surface area (TPSA) is 368 Å². The van der Waals surface area contributed by atoms with Crippen molar-refractivity contribution in [3.63, 3.8) is 0 Å². The standard InChI is InChI=1S/4C10H8N2.2C2H4O2.2ClHO4.2Mn/c4*1-3-7-11-9(5-1)10-6-2-4-8-12-10;2*1-2(3)4;2*2-1(3,4)5;;/h4*1-8H;2*1H3,(H,3,4);2*(H,2,3,4,5);;/q;;;;;;;;2*+2/p-4. The molecule has 354 valence electrons. The Morgan fingerprint density at radius 3 is 0.441 bits per heavy atom. The zero-order chi connectivity index (χ0) is 49.1. The second-order valence-corrected chi connectivity index (χ2v) is 13.0. The van der Waals surface area contributed by atoms with E-state index >= 15 is 0 Å². The molecular weight excluding hydrogens is 1010 g/mol. The van der Waals surface area contributed by atoms with Crippen molar-refractivity contribution in [2.75, 3.05) is 0 Å². The third-order valence-electron chi connectivity index (χ3n) is 6.37. The molecule has 68 heavy (non-hydrogen) atoms. The molecule has 0 aliphatic rings. The number of carbonyl (C=O) groups excluding carboxylic acids is 2. The van der Waals surface area contributed by atoms with E-state index in [4.69, 9.17) is 57.1 Å². The summed E-state index contributed by atoms with van der Waals surface area (Å²) in [5.41, 5.74) is 7.32. The Morgan fingerprint density at radius 1 is 0.294 bits per heavy atom. The zero-order valence-electron chi connectivity index (χ0n) is 35.5. The fourth-order valence-corrected chi connectivity index (χ4v) is 4.11. The van der Waals surface area contributed by atoms with Crippen LogP contribution in [0.3, 0.4) is 0 Å². The number of carboxylic acids is 2. The molecule has 0 amide bonds. The smallest absolute Gasteiger partial charge is 0.550 e. The molecule has 24 heteroatoms. The van der Waals surface area contributed by atoms with Crippen molar-refractivity contribution in [3.05, 3.63) is 195 Å². The first-order chi connectivity index (χ1) is 31.3. The van der Waals surface area contributed by atoms with Gasteiger partial charge < -0.3 is 19.8 Å². The minimum atomic E-state index is -4.94. The molecule has 0 fully saturated rings. The molecule has 8 aromatic heterocycles. The number of aliphatic carboxylic acids is 2. The number of carboxylic acid groups (broad SMARTS) is 2. The third-order valence-corrected chi connectivity index (χ3v) is 6.37. The van der Waals surface area contributed by atoms with Crippen LogP contribution in [0.4, 0.5) is 0 Å². The minimum Gasteiger partial charge on any atom is -0.550 e. The van der Waals surface area contributed by atoms with Crippen LogP contribution in [0, 0.1) is 20.5 Å². The number of hydrogen-bond donors (Lipinski definition) is 0. The van der Waals surface area contributed by atoms with Crippen LogP contribution in [-0.4, -0.2) is 51.8 Å². The summed E-state index contributed by atoms with van der Waals surface area (Å²) >= 11 is 0. The molecule has 0 unspecified atom stereocenters. The maximum atomic E-state index is 8.89. The Morgan fingerprint density at radius 2 is 0.382 bits per heavy atom. The van der Waals surface area contributed by atoms with Crippen molar-refractivity contribution in [1.29, 1.82) is 0 Å². The largest absolute Gasteiger partial charge is 2.00 e. The first-order valence-electron chi connectivity index (χ1n) is 18.2. The van der Waals surface area contributed by atoms with Gasteiger partial charge in [0.05, 0.1) is 45.6 Å². The number of nitrogens with zero attached hydrogens (tertiary/aromatic N) is 8. The Labute approximate surface area is 415 Å². The number of rotatable bonds is 4. The van der Waals surface area contributed by atoms with Gasteiger partial charge in [-0.05, 0) is 111 Å². The van der Waals surface area contributed by atoms with Crippen LogP contribution in [0.1, 0.15) is 13.8 Å². The van der Waals surface area contributed by atoms with Gasteiger partial charge in [0.15, 0.2) is 0 Å². The number of aromatic nitrogens is 8. The molecule has 0 bridgehead atoms. The van der Waals surface area contributed by atoms with Gasteiger partial charge in [0.1, 0.15) is 0 Å². The Balaban J connectivity index is 0. The predicted molar refractivity (Wildman–Crippen MR) is 211 cm³/mol. The third kappa shape index (κ3) is 37.6. The van der Waals surface area contributed by atoms with Gasteiger partial charge in [0.2, 0.25) is 0 Å². The van der Waals surface area contributed by atoms with Gasteiger partial charge in [-0.25, -0.2) is 37.3 Å². The molecule has 0 saturated carbocycles. The molecule has 0 atom stereocenters. The van der Waals surface area contributed by atoms with E-state index in [1.807, 2.05) is 146 Å². The quantitative estimate of drug-likeness (QED) is 0.155. The number of carbonyl (C=O) groups is 2. The average Bonchev–Trinajstić information content (AvgIpc) is 3.31. The summed E-state index contributed by atoms with van der Waals surface area (Å²) < 4.78 is 67.9. The average molecular weight is 1050 g/mol. The zero-order valence-corrected chi connectivity index (χ0v) is 39.3. The molecule has 0 aromatic carbocycles. The Bertz CT molecular complexity index is 1940. The molecule has 0 aliphatic carbocycles. The van der Waals surface area contributed by atoms with Crippen molar-refractivity contribution in [1.82, 2.24) is 39.9 Å². The molecular formula is C44H38Cl2Mn2N8O12. The SMILES string of the molecule is CC(=O)[O-].CC(=O)[O-].[Mn+2].[Mn+2].[O-][Cl+3]([O-])([O-])[O-].[O-][Cl+3]([O-])([O-])[O-].c1ccc(-c2ccccn2)nc1.c1ccc(-c2ccccn2)nc1.c1ccc(-c2ccccn2)nc1.c1ccc(-c2ccccn2)nc1. The first-order valence-corrected chi connectivity index (χ1v) is 20.7. The summed E-state index contributed by atoms with van der Waals surface area (Å²) in [6, 6.07) is 46.4. The fourth-order valence-electron chi connectivity index (χ4n) is 4.11. The van der Waals surface area contributed by atoms with Crippen LogP contribution >= 0.6 is 0 Å². The van der Waals surface area contributed by atoms with Gasteiger partial charge in [-0.1, -0.05) is 48.5 Å². The van der Waals surface area contributed by atoms with Gasteiger partial charge in [-0.2, -0.15) is 0 Å².